The van der Waals surface area contributed by atoms with Crippen molar-refractivity contribution in [2.75, 3.05) is 0 Å². The molecule has 2 aromatic rings. The number of hydrogen-bond donors (Lipinski definition) is 1. The molecule has 8 nitrogen and oxygen atoms in total. The van der Waals surface area contributed by atoms with Gasteiger partial charge in [0.2, 0.25) is 0 Å². The summed E-state index contributed by atoms with van der Waals surface area (Å²) in [5.41, 5.74) is 0.642. The second-order valence-electron chi connectivity index (χ2n) is 6.01. The third-order valence-corrected chi connectivity index (χ3v) is 5.24. The number of hydrogen-bond acceptors (Lipinski definition) is 7. The number of nitro benzene ring substituents is 1. The molecule has 2 rings (SSSR count). The predicted molar refractivity (Wildman–Crippen MR) is 97.5 cm³/mol. The van der Waals surface area contributed by atoms with E-state index in [9.17, 15) is 23.6 Å². The lowest BCUT2D eigenvalue weighted by Crippen LogP contribution is -2.39. The second kappa shape index (κ2) is 9.05. The van der Waals surface area contributed by atoms with Crippen molar-refractivity contribution in [1.82, 2.24) is 0 Å². The van der Waals surface area contributed by atoms with E-state index in [0.29, 0.717) is 0 Å². The molecule has 0 aliphatic rings. The Morgan fingerprint density at radius 1 is 1.07 bits per heavy atom. The first-order valence-corrected chi connectivity index (χ1v) is 9.63. The summed E-state index contributed by atoms with van der Waals surface area (Å²) in [6.07, 6.45) is -2.84. The number of rotatable bonds is 9. The van der Waals surface area contributed by atoms with Crippen molar-refractivity contribution >= 4 is 15.8 Å². The van der Waals surface area contributed by atoms with Gasteiger partial charge in [0.15, 0.2) is 0 Å². The zero-order chi connectivity index (χ0) is 20.0. The van der Waals surface area contributed by atoms with E-state index in [1.807, 2.05) is 30.3 Å². The lowest BCUT2D eigenvalue weighted by Gasteiger charge is -2.26. The van der Waals surface area contributed by atoms with Crippen LogP contribution in [0.5, 0.6) is 0 Å². The van der Waals surface area contributed by atoms with Gasteiger partial charge in [0, 0.05) is 12.1 Å². The summed E-state index contributed by atoms with van der Waals surface area (Å²) >= 11 is 0. The highest BCUT2D eigenvalue weighted by molar-refractivity contribution is 7.86. The van der Waals surface area contributed by atoms with Crippen molar-refractivity contribution < 1.29 is 27.4 Å². The maximum atomic E-state index is 12.4. The van der Waals surface area contributed by atoms with E-state index >= 15 is 0 Å². The van der Waals surface area contributed by atoms with Gasteiger partial charge in [-0.2, -0.15) is 8.42 Å². The zero-order valence-corrected chi connectivity index (χ0v) is 15.7. The van der Waals surface area contributed by atoms with E-state index in [1.54, 1.807) is 0 Å². The molecule has 0 aliphatic heterocycles. The third kappa shape index (κ3) is 5.83. The summed E-state index contributed by atoms with van der Waals surface area (Å²) in [4.78, 5) is 9.83. The molecule has 1 N–H and O–H groups in total. The van der Waals surface area contributed by atoms with Crippen molar-refractivity contribution in [2.45, 2.75) is 43.7 Å². The summed E-state index contributed by atoms with van der Waals surface area (Å²) in [5, 5.41) is 20.6. The highest BCUT2D eigenvalue weighted by Gasteiger charge is 2.29. The Labute approximate surface area is 157 Å². The number of benzene rings is 2. The summed E-state index contributed by atoms with van der Waals surface area (Å²) < 4.78 is 35.6. The molecule has 2 aromatic carbocycles. The van der Waals surface area contributed by atoms with Gasteiger partial charge in [-0.1, -0.05) is 30.3 Å². The molecule has 27 heavy (non-hydrogen) atoms. The first-order valence-electron chi connectivity index (χ1n) is 8.22. The zero-order valence-electron chi connectivity index (χ0n) is 14.9. The number of nitrogens with zero attached hydrogens (tertiary/aromatic N) is 1. The van der Waals surface area contributed by atoms with Gasteiger partial charge >= 0.3 is 0 Å². The molecule has 0 aromatic heterocycles. The summed E-state index contributed by atoms with van der Waals surface area (Å²) in [6, 6.07) is 13.6. The quantitative estimate of drug-likeness (QED) is 0.394. The molecule has 0 heterocycles. The third-order valence-electron chi connectivity index (χ3n) is 3.84. The van der Waals surface area contributed by atoms with Crippen LogP contribution in [0.1, 0.15) is 19.4 Å². The summed E-state index contributed by atoms with van der Waals surface area (Å²) in [7, 11) is -4.18. The van der Waals surface area contributed by atoms with Crippen molar-refractivity contribution in [2.24, 2.45) is 0 Å². The Morgan fingerprint density at radius 3 is 2.19 bits per heavy atom. The van der Waals surface area contributed by atoms with Crippen LogP contribution in [-0.2, 0) is 25.6 Å². The van der Waals surface area contributed by atoms with Gasteiger partial charge in [0.25, 0.3) is 15.8 Å². The lowest BCUT2D eigenvalue weighted by atomic mass is 10.1. The van der Waals surface area contributed by atoms with Crippen LogP contribution < -0.4 is 0 Å². The molecule has 0 saturated heterocycles. The van der Waals surface area contributed by atoms with E-state index in [2.05, 4.69) is 0 Å². The van der Waals surface area contributed by atoms with Crippen LogP contribution in [0.15, 0.2) is 59.5 Å². The minimum absolute atomic E-state index is 0.182. The van der Waals surface area contributed by atoms with E-state index in [4.69, 9.17) is 8.92 Å². The Morgan fingerprint density at radius 2 is 1.67 bits per heavy atom. The topological polar surface area (TPSA) is 116 Å². The molecule has 0 fully saturated rings. The fourth-order valence-electron chi connectivity index (χ4n) is 2.48. The van der Waals surface area contributed by atoms with Crippen molar-refractivity contribution in [3.8, 4) is 0 Å². The van der Waals surface area contributed by atoms with Gasteiger partial charge < -0.3 is 9.84 Å². The van der Waals surface area contributed by atoms with Gasteiger partial charge in [-0.15, -0.1) is 0 Å². The SMILES string of the molecule is C[C@H](OS(=O)(=O)c1ccc([N+](=O)[O-])cc1)[C@H](OCc1ccccc1)[C@@H](C)O. The molecule has 146 valence electrons. The Balaban J connectivity index is 2.08. The van der Waals surface area contributed by atoms with Crippen LogP contribution in [-0.4, -0.2) is 36.8 Å². The molecule has 0 spiro atoms. The van der Waals surface area contributed by atoms with Crippen LogP contribution in [0.4, 0.5) is 5.69 Å². The number of non-ortho nitro benzene ring substituents is 1. The first-order chi connectivity index (χ1) is 12.7. The molecule has 0 aliphatic carbocycles. The number of aliphatic hydroxyl groups is 1. The average Bonchev–Trinajstić information content (AvgIpc) is 2.62. The van der Waals surface area contributed by atoms with Crippen molar-refractivity contribution in [1.29, 1.82) is 0 Å². The minimum Gasteiger partial charge on any atom is -0.391 e. The molecular formula is C18H21NO7S. The van der Waals surface area contributed by atoms with E-state index in [-0.39, 0.29) is 17.2 Å². The molecule has 0 saturated carbocycles. The summed E-state index contributed by atoms with van der Waals surface area (Å²) in [5.74, 6) is 0. The Kier molecular flexibility index (Phi) is 7.03. The molecule has 9 heteroatoms. The number of ether oxygens (including phenoxy) is 1. The standard InChI is InChI=1S/C18H21NO7S/c1-13(20)18(25-12-15-6-4-3-5-7-15)14(2)26-27(23,24)17-10-8-16(9-11-17)19(21)22/h3-11,13-14,18,20H,12H2,1-2H3/t13-,14+,18-/m1/s1. The van der Waals surface area contributed by atoms with E-state index in [1.165, 1.54) is 13.8 Å². The maximum absolute atomic E-state index is 12.4. The smallest absolute Gasteiger partial charge is 0.297 e. The fourth-order valence-corrected chi connectivity index (χ4v) is 3.57. The first kappa shape index (κ1) is 21.0. The normalized spacial score (nSPS) is 15.1. The van der Waals surface area contributed by atoms with Crippen LogP contribution in [0.25, 0.3) is 0 Å². The molecule has 0 radical (unpaired) electrons. The van der Waals surface area contributed by atoms with Crippen molar-refractivity contribution in [3.05, 3.63) is 70.3 Å². The molecular weight excluding hydrogens is 374 g/mol. The second-order valence-corrected chi connectivity index (χ2v) is 7.58. The largest absolute Gasteiger partial charge is 0.391 e. The molecule has 0 amide bonds. The lowest BCUT2D eigenvalue weighted by molar-refractivity contribution is -0.384. The van der Waals surface area contributed by atoms with Crippen LogP contribution in [0, 0.1) is 10.1 Å². The Hall–Kier alpha value is -2.33. The Bertz CT molecular complexity index is 851. The van der Waals surface area contributed by atoms with E-state index < -0.39 is 33.4 Å². The highest BCUT2D eigenvalue weighted by Crippen LogP contribution is 2.21. The van der Waals surface area contributed by atoms with Crippen LogP contribution >= 0.6 is 0 Å². The highest BCUT2D eigenvalue weighted by atomic mass is 32.2. The predicted octanol–water partition coefficient (Wildman–Crippen LogP) is 2.65. The van der Waals surface area contributed by atoms with E-state index in [0.717, 1.165) is 29.8 Å². The van der Waals surface area contributed by atoms with Gasteiger partial charge in [-0.25, -0.2) is 0 Å². The molecule has 0 unspecified atom stereocenters. The van der Waals surface area contributed by atoms with Crippen LogP contribution in [0.2, 0.25) is 0 Å². The fraction of sp³-hybridized carbons (Fsp3) is 0.333. The van der Waals surface area contributed by atoms with Crippen molar-refractivity contribution in [3.63, 3.8) is 0 Å². The number of aliphatic hydroxyl groups excluding tert-OH is 1. The van der Waals surface area contributed by atoms with Gasteiger partial charge in [-0.05, 0) is 31.5 Å². The minimum atomic E-state index is -4.18. The monoisotopic (exact) mass is 395 g/mol. The number of nitro groups is 1. The summed E-state index contributed by atoms with van der Waals surface area (Å²) in [6.45, 7) is 3.14. The molecule has 3 atom stereocenters. The molecule has 0 bridgehead atoms. The maximum Gasteiger partial charge on any atom is 0.297 e. The van der Waals surface area contributed by atoms with Gasteiger partial charge in [0.1, 0.15) is 12.2 Å². The average molecular weight is 395 g/mol. The van der Waals surface area contributed by atoms with Gasteiger partial charge in [-0.3, -0.25) is 14.3 Å². The van der Waals surface area contributed by atoms with Crippen LogP contribution in [0.3, 0.4) is 0 Å². The van der Waals surface area contributed by atoms with Gasteiger partial charge in [0.05, 0.1) is 22.5 Å².